The number of hydrogen-bond donors (Lipinski definition) is 0. The van der Waals surface area contributed by atoms with E-state index in [2.05, 4.69) is 100.0 Å². The number of rotatable bonds is 3. The first kappa shape index (κ1) is 26.1. The SMILES string of the molecule is N#Cc1ccc(S(=O)(=O)c2ccc(-n3c4cc5ccccc5c5c6ccccc6n6c7ccccc7c7ccc3c(c54)c76)cc2)cc1. The number of nitrogens with zero attached hydrogens (tertiary/aromatic N) is 3. The van der Waals surface area contributed by atoms with E-state index < -0.39 is 9.84 Å². The quantitative estimate of drug-likeness (QED) is 0.197. The van der Waals surface area contributed by atoms with Crippen molar-refractivity contribution in [3.63, 3.8) is 0 Å². The van der Waals surface area contributed by atoms with E-state index in [9.17, 15) is 8.42 Å². The monoisotopic (exact) mass is 621 g/mol. The fraction of sp³-hybridized carbons (Fsp3) is 0. The number of benzene rings is 7. The molecule has 5 nitrogen and oxygen atoms in total. The molecule has 0 radical (unpaired) electrons. The first-order chi connectivity index (χ1) is 23.0. The molecule has 0 unspecified atom stereocenters. The third-order valence-electron chi connectivity index (χ3n) is 9.69. The molecule has 220 valence electrons. The van der Waals surface area contributed by atoms with Gasteiger partial charge in [0.15, 0.2) is 0 Å². The van der Waals surface area contributed by atoms with E-state index in [1.165, 1.54) is 67.5 Å². The lowest BCUT2D eigenvalue weighted by atomic mass is 9.98. The molecule has 3 aromatic heterocycles. The summed E-state index contributed by atoms with van der Waals surface area (Å²) in [6.45, 7) is 0. The Morgan fingerprint density at radius 2 is 1.13 bits per heavy atom. The summed E-state index contributed by atoms with van der Waals surface area (Å²) in [4.78, 5) is 0.365. The predicted molar refractivity (Wildman–Crippen MR) is 190 cm³/mol. The zero-order valence-electron chi connectivity index (χ0n) is 24.8. The molecule has 10 aromatic rings. The van der Waals surface area contributed by atoms with Crippen molar-refractivity contribution >= 4 is 80.5 Å². The molecule has 0 N–H and O–H groups in total. The molecule has 0 atom stereocenters. The summed E-state index contributed by atoms with van der Waals surface area (Å²) in [6.07, 6.45) is 0. The average molecular weight is 622 g/mol. The van der Waals surface area contributed by atoms with Crippen molar-refractivity contribution in [2.24, 2.45) is 0 Å². The lowest BCUT2D eigenvalue weighted by Crippen LogP contribution is -2.03. The minimum absolute atomic E-state index is 0.160. The van der Waals surface area contributed by atoms with Crippen molar-refractivity contribution in [2.45, 2.75) is 9.79 Å². The van der Waals surface area contributed by atoms with E-state index in [0.717, 1.165) is 33.1 Å². The van der Waals surface area contributed by atoms with Crippen molar-refractivity contribution in [3.05, 3.63) is 145 Å². The van der Waals surface area contributed by atoms with Crippen LogP contribution in [0.15, 0.2) is 149 Å². The van der Waals surface area contributed by atoms with E-state index in [-0.39, 0.29) is 9.79 Å². The zero-order valence-corrected chi connectivity index (χ0v) is 25.7. The van der Waals surface area contributed by atoms with Gasteiger partial charge in [0, 0.05) is 38.0 Å². The molecule has 3 heterocycles. The van der Waals surface area contributed by atoms with Crippen LogP contribution in [0.2, 0.25) is 0 Å². The van der Waals surface area contributed by atoms with Gasteiger partial charge < -0.3 is 8.97 Å². The van der Waals surface area contributed by atoms with E-state index in [1.807, 2.05) is 18.2 Å². The minimum Gasteiger partial charge on any atom is -0.309 e. The maximum Gasteiger partial charge on any atom is 0.206 e. The van der Waals surface area contributed by atoms with Crippen molar-refractivity contribution in [3.8, 4) is 11.8 Å². The smallest absolute Gasteiger partial charge is 0.206 e. The number of aromatic nitrogens is 2. The molecule has 0 aliphatic rings. The second-order valence-electron chi connectivity index (χ2n) is 12.1. The van der Waals surface area contributed by atoms with Gasteiger partial charge in [-0.2, -0.15) is 5.26 Å². The first-order valence-electron chi connectivity index (χ1n) is 15.4. The Morgan fingerprint density at radius 1 is 0.511 bits per heavy atom. The van der Waals surface area contributed by atoms with Gasteiger partial charge in [-0.25, -0.2) is 8.42 Å². The predicted octanol–water partition coefficient (Wildman–Crippen LogP) is 9.79. The number of fused-ring (bicyclic) bond motifs is 8. The van der Waals surface area contributed by atoms with Gasteiger partial charge in [0.2, 0.25) is 9.84 Å². The highest BCUT2D eigenvalue weighted by Gasteiger charge is 2.25. The minimum atomic E-state index is -3.77. The molecule has 47 heavy (non-hydrogen) atoms. The Hall–Kier alpha value is -6.16. The van der Waals surface area contributed by atoms with Crippen molar-refractivity contribution in [2.75, 3.05) is 0 Å². The molecule has 0 aliphatic carbocycles. The molecule has 0 aliphatic heterocycles. The summed E-state index contributed by atoms with van der Waals surface area (Å²) < 4.78 is 31.8. The van der Waals surface area contributed by atoms with Gasteiger partial charge in [0.1, 0.15) is 0 Å². The summed E-state index contributed by atoms with van der Waals surface area (Å²) in [5.74, 6) is 0. The second-order valence-corrected chi connectivity index (χ2v) is 14.0. The second kappa shape index (κ2) is 9.20. The van der Waals surface area contributed by atoms with E-state index in [4.69, 9.17) is 5.26 Å². The standard InChI is InChI=1S/C41H23N3O2S/c42-24-25-13-17-28(18-14-25)47(45,46)29-19-15-27(16-20-29)43-36-22-21-32-31-9-3-5-11-34(31)44-35-12-6-4-10-33(35)38-30-8-2-1-7-26(30)23-37(43)39(38)40(36)41(32)44/h1-23H. The van der Waals surface area contributed by atoms with Crippen molar-refractivity contribution in [1.29, 1.82) is 5.26 Å². The highest BCUT2D eigenvalue weighted by molar-refractivity contribution is 7.91. The molecule has 0 saturated carbocycles. The van der Waals surface area contributed by atoms with Gasteiger partial charge in [-0.15, -0.1) is 0 Å². The van der Waals surface area contributed by atoms with Crippen LogP contribution in [0.4, 0.5) is 0 Å². The average Bonchev–Trinajstić information content (AvgIpc) is 3.58. The highest BCUT2D eigenvalue weighted by atomic mass is 32.2. The Balaban J connectivity index is 1.35. The fourth-order valence-electron chi connectivity index (χ4n) is 7.68. The van der Waals surface area contributed by atoms with Gasteiger partial charge in [-0.1, -0.05) is 66.7 Å². The van der Waals surface area contributed by atoms with Gasteiger partial charge >= 0.3 is 0 Å². The van der Waals surface area contributed by atoms with Crippen LogP contribution >= 0.6 is 0 Å². The summed E-state index contributed by atoms with van der Waals surface area (Å²) in [5, 5.41) is 18.7. The number of hydrogen-bond acceptors (Lipinski definition) is 3. The maximum absolute atomic E-state index is 13.5. The van der Waals surface area contributed by atoms with Gasteiger partial charge in [0.05, 0.1) is 49.0 Å². The Morgan fingerprint density at radius 3 is 1.85 bits per heavy atom. The van der Waals surface area contributed by atoms with Crippen molar-refractivity contribution in [1.82, 2.24) is 8.97 Å². The third-order valence-corrected chi connectivity index (χ3v) is 11.5. The van der Waals surface area contributed by atoms with E-state index in [1.54, 1.807) is 12.1 Å². The first-order valence-corrected chi connectivity index (χ1v) is 16.9. The van der Waals surface area contributed by atoms with Crippen LogP contribution in [0.25, 0.3) is 76.4 Å². The summed E-state index contributed by atoms with van der Waals surface area (Å²) in [6, 6.07) is 47.8. The van der Waals surface area contributed by atoms with Crippen molar-refractivity contribution < 1.29 is 8.42 Å². The molecule has 7 aromatic carbocycles. The van der Waals surface area contributed by atoms with E-state index in [0.29, 0.717) is 5.56 Å². The molecule has 0 bridgehead atoms. The number of nitriles is 1. The third kappa shape index (κ3) is 3.38. The molecule has 10 rings (SSSR count). The molecular weight excluding hydrogens is 599 g/mol. The Bertz CT molecular complexity index is 3070. The number of sulfone groups is 1. The summed E-state index contributed by atoms with van der Waals surface area (Å²) in [7, 11) is -3.77. The highest BCUT2D eigenvalue weighted by Crippen LogP contribution is 2.47. The number of para-hydroxylation sites is 2. The largest absolute Gasteiger partial charge is 0.309 e. The lowest BCUT2D eigenvalue weighted by molar-refractivity contribution is 0.596. The normalized spacial score (nSPS) is 12.4. The molecule has 0 fully saturated rings. The van der Waals surface area contributed by atoms with Gasteiger partial charge in [-0.05, 0) is 83.6 Å². The van der Waals surface area contributed by atoms with Crippen LogP contribution in [0.1, 0.15) is 5.56 Å². The van der Waals surface area contributed by atoms with Crippen LogP contribution in [-0.2, 0) is 9.84 Å². The molecule has 0 spiro atoms. The van der Waals surface area contributed by atoms with Crippen LogP contribution < -0.4 is 0 Å². The molecule has 0 saturated heterocycles. The molecule has 6 heteroatoms. The van der Waals surface area contributed by atoms with Crippen LogP contribution in [-0.4, -0.2) is 17.4 Å². The topological polar surface area (TPSA) is 67.3 Å². The van der Waals surface area contributed by atoms with Crippen LogP contribution in [0.3, 0.4) is 0 Å². The summed E-state index contributed by atoms with van der Waals surface area (Å²) >= 11 is 0. The molecule has 0 amide bonds. The zero-order chi connectivity index (χ0) is 31.4. The van der Waals surface area contributed by atoms with Crippen LogP contribution in [0, 0.1) is 11.3 Å². The van der Waals surface area contributed by atoms with Gasteiger partial charge in [-0.3, -0.25) is 0 Å². The van der Waals surface area contributed by atoms with Gasteiger partial charge in [0.25, 0.3) is 0 Å². The van der Waals surface area contributed by atoms with E-state index >= 15 is 0 Å². The van der Waals surface area contributed by atoms with Crippen LogP contribution in [0.5, 0.6) is 0 Å². The maximum atomic E-state index is 13.5. The summed E-state index contributed by atoms with van der Waals surface area (Å²) in [5.41, 5.74) is 6.92. The Kier molecular flexibility index (Phi) is 5.11. The lowest BCUT2D eigenvalue weighted by Gasteiger charge is -2.12. The Labute approximate surface area is 269 Å². The molecular formula is C41H23N3O2S. The fourth-order valence-corrected chi connectivity index (χ4v) is 8.94.